The maximum absolute atomic E-state index is 12.2. The molecule has 1 fully saturated rings. The van der Waals surface area contributed by atoms with Crippen LogP contribution in [0.25, 0.3) is 0 Å². The second-order valence-electron chi connectivity index (χ2n) is 6.04. The molecule has 2 unspecified atom stereocenters. The minimum atomic E-state index is 0.0207. The zero-order valence-corrected chi connectivity index (χ0v) is 12.6. The molecule has 110 valence electrons. The smallest absolute Gasteiger partial charge is 0.238 e. The van der Waals surface area contributed by atoms with Gasteiger partial charge in [-0.15, -0.1) is 0 Å². The van der Waals surface area contributed by atoms with Crippen LogP contribution in [0.5, 0.6) is 0 Å². The number of nitrogens with one attached hydrogen (secondary N) is 1. The normalized spacial score (nSPS) is 23.6. The third-order valence-electron chi connectivity index (χ3n) is 4.19. The molecule has 20 heavy (non-hydrogen) atoms. The van der Waals surface area contributed by atoms with E-state index >= 15 is 0 Å². The number of nitrogens with zero attached hydrogens (tertiary/aromatic N) is 1. The third kappa shape index (κ3) is 3.51. The van der Waals surface area contributed by atoms with Crippen molar-refractivity contribution in [2.24, 2.45) is 5.92 Å². The molecule has 1 aromatic rings. The van der Waals surface area contributed by atoms with Crippen molar-refractivity contribution in [1.29, 1.82) is 0 Å². The highest BCUT2D eigenvalue weighted by Gasteiger charge is 2.24. The zero-order chi connectivity index (χ0) is 14.7. The topological polar surface area (TPSA) is 58.4 Å². The summed E-state index contributed by atoms with van der Waals surface area (Å²) in [6.07, 6.45) is 2.34. The van der Waals surface area contributed by atoms with Crippen LogP contribution < -0.4 is 11.1 Å². The SMILES string of the molecule is Cc1cccc(N)c1NC(=O)CN1CCC(C)CC1C. The van der Waals surface area contributed by atoms with Gasteiger partial charge in [-0.1, -0.05) is 19.1 Å². The van der Waals surface area contributed by atoms with Crippen molar-refractivity contribution in [1.82, 2.24) is 4.90 Å². The lowest BCUT2D eigenvalue weighted by Crippen LogP contribution is -2.44. The van der Waals surface area contributed by atoms with E-state index in [-0.39, 0.29) is 5.91 Å². The van der Waals surface area contributed by atoms with E-state index in [0.717, 1.165) is 23.7 Å². The number of aryl methyl sites for hydroxylation is 1. The fourth-order valence-corrected chi connectivity index (χ4v) is 2.92. The summed E-state index contributed by atoms with van der Waals surface area (Å²) in [7, 11) is 0. The first-order chi connectivity index (χ1) is 9.47. The van der Waals surface area contributed by atoms with Crippen LogP contribution in [-0.4, -0.2) is 29.9 Å². The van der Waals surface area contributed by atoms with Crippen molar-refractivity contribution in [2.75, 3.05) is 24.1 Å². The molecule has 3 N–H and O–H groups in total. The number of nitrogen functional groups attached to an aromatic ring is 1. The first kappa shape index (κ1) is 14.9. The lowest BCUT2D eigenvalue weighted by molar-refractivity contribution is -0.118. The molecule has 1 aliphatic heterocycles. The monoisotopic (exact) mass is 275 g/mol. The highest BCUT2D eigenvalue weighted by atomic mass is 16.2. The highest BCUT2D eigenvalue weighted by Crippen LogP contribution is 2.24. The van der Waals surface area contributed by atoms with Crippen LogP contribution in [0.3, 0.4) is 0 Å². The zero-order valence-electron chi connectivity index (χ0n) is 12.6. The number of hydrogen-bond acceptors (Lipinski definition) is 3. The van der Waals surface area contributed by atoms with Gasteiger partial charge >= 0.3 is 0 Å². The quantitative estimate of drug-likeness (QED) is 0.834. The molecule has 4 nitrogen and oxygen atoms in total. The Labute approximate surface area is 121 Å². The predicted molar refractivity (Wildman–Crippen MR) is 83.7 cm³/mol. The van der Waals surface area contributed by atoms with E-state index < -0.39 is 0 Å². The summed E-state index contributed by atoms with van der Waals surface area (Å²) in [5, 5.41) is 2.95. The number of hydrogen-bond donors (Lipinski definition) is 2. The molecule has 0 aromatic heterocycles. The number of amides is 1. The molecular formula is C16H25N3O. The summed E-state index contributed by atoms with van der Waals surface area (Å²) in [5.74, 6) is 0.781. The van der Waals surface area contributed by atoms with Crippen molar-refractivity contribution in [2.45, 2.75) is 39.7 Å². The van der Waals surface area contributed by atoms with Gasteiger partial charge in [0.1, 0.15) is 0 Å². The molecule has 2 atom stereocenters. The second-order valence-corrected chi connectivity index (χ2v) is 6.04. The number of benzene rings is 1. The van der Waals surface area contributed by atoms with E-state index in [1.807, 2.05) is 25.1 Å². The van der Waals surface area contributed by atoms with Crippen LogP contribution in [0, 0.1) is 12.8 Å². The van der Waals surface area contributed by atoms with Gasteiger partial charge in [0.2, 0.25) is 5.91 Å². The van der Waals surface area contributed by atoms with E-state index in [1.54, 1.807) is 0 Å². The lowest BCUT2D eigenvalue weighted by atomic mass is 9.93. The van der Waals surface area contributed by atoms with Crippen LogP contribution in [0.1, 0.15) is 32.3 Å². The Bertz CT molecular complexity index is 466. The molecule has 0 spiro atoms. The molecule has 1 heterocycles. The third-order valence-corrected chi connectivity index (χ3v) is 4.19. The molecule has 0 saturated carbocycles. The number of rotatable bonds is 3. The fourth-order valence-electron chi connectivity index (χ4n) is 2.92. The lowest BCUT2D eigenvalue weighted by Gasteiger charge is -2.35. The standard InChI is InChI=1S/C16H25N3O/c1-11-7-8-19(13(3)9-11)10-15(20)18-16-12(2)5-4-6-14(16)17/h4-6,11,13H,7-10,17H2,1-3H3,(H,18,20). The first-order valence-corrected chi connectivity index (χ1v) is 7.36. The summed E-state index contributed by atoms with van der Waals surface area (Å²) in [5.41, 5.74) is 8.29. The summed E-state index contributed by atoms with van der Waals surface area (Å²) in [4.78, 5) is 14.5. The maximum atomic E-state index is 12.2. The number of piperidine rings is 1. The Kier molecular flexibility index (Phi) is 4.65. The van der Waals surface area contributed by atoms with Crippen molar-refractivity contribution in [3.8, 4) is 0 Å². The second kappa shape index (κ2) is 6.27. The van der Waals surface area contributed by atoms with Gasteiger partial charge in [-0.3, -0.25) is 9.69 Å². The molecule has 1 aliphatic rings. The Hall–Kier alpha value is -1.55. The summed E-state index contributed by atoms with van der Waals surface area (Å²) >= 11 is 0. The Morgan fingerprint density at radius 1 is 1.45 bits per heavy atom. The van der Waals surface area contributed by atoms with E-state index in [4.69, 9.17) is 5.73 Å². The Morgan fingerprint density at radius 3 is 2.85 bits per heavy atom. The summed E-state index contributed by atoms with van der Waals surface area (Å²) < 4.78 is 0. The average Bonchev–Trinajstić information content (AvgIpc) is 2.37. The van der Waals surface area contributed by atoms with Crippen LogP contribution in [-0.2, 0) is 4.79 Å². The van der Waals surface area contributed by atoms with Crippen molar-refractivity contribution >= 4 is 17.3 Å². The molecule has 0 bridgehead atoms. The van der Waals surface area contributed by atoms with Gasteiger partial charge in [0.05, 0.1) is 17.9 Å². The van der Waals surface area contributed by atoms with E-state index in [9.17, 15) is 4.79 Å². The minimum absolute atomic E-state index is 0.0207. The van der Waals surface area contributed by atoms with E-state index in [0.29, 0.717) is 18.3 Å². The van der Waals surface area contributed by atoms with Crippen LogP contribution in [0.2, 0.25) is 0 Å². The van der Waals surface area contributed by atoms with Crippen LogP contribution >= 0.6 is 0 Å². The van der Waals surface area contributed by atoms with Gasteiger partial charge in [0, 0.05) is 6.04 Å². The average molecular weight is 275 g/mol. The molecule has 4 heteroatoms. The molecule has 0 aliphatic carbocycles. The van der Waals surface area contributed by atoms with E-state index in [1.165, 1.54) is 12.8 Å². The number of carbonyl (C=O) groups is 1. The van der Waals surface area contributed by atoms with Crippen molar-refractivity contribution < 1.29 is 4.79 Å². The van der Waals surface area contributed by atoms with Crippen LogP contribution in [0.15, 0.2) is 18.2 Å². The van der Waals surface area contributed by atoms with Gasteiger partial charge in [0.15, 0.2) is 0 Å². The molecule has 1 saturated heterocycles. The van der Waals surface area contributed by atoms with Gasteiger partial charge < -0.3 is 11.1 Å². The molecule has 2 rings (SSSR count). The van der Waals surface area contributed by atoms with Gasteiger partial charge in [-0.2, -0.15) is 0 Å². The summed E-state index contributed by atoms with van der Waals surface area (Å²) in [6.45, 7) is 7.88. The van der Waals surface area contributed by atoms with Crippen molar-refractivity contribution in [3.05, 3.63) is 23.8 Å². The predicted octanol–water partition coefficient (Wildman–Crippen LogP) is 2.64. The first-order valence-electron chi connectivity index (χ1n) is 7.36. The molecule has 1 aromatic carbocycles. The minimum Gasteiger partial charge on any atom is -0.397 e. The highest BCUT2D eigenvalue weighted by molar-refractivity contribution is 5.96. The molecular weight excluding hydrogens is 250 g/mol. The van der Waals surface area contributed by atoms with Gasteiger partial charge in [-0.25, -0.2) is 0 Å². The molecule has 0 radical (unpaired) electrons. The number of nitrogens with two attached hydrogens (primary N) is 1. The molecule has 1 amide bonds. The van der Waals surface area contributed by atoms with Gasteiger partial charge in [0.25, 0.3) is 0 Å². The number of para-hydroxylation sites is 1. The fraction of sp³-hybridized carbons (Fsp3) is 0.562. The Morgan fingerprint density at radius 2 is 2.20 bits per heavy atom. The van der Waals surface area contributed by atoms with Gasteiger partial charge in [-0.05, 0) is 50.8 Å². The summed E-state index contributed by atoms with van der Waals surface area (Å²) in [6, 6.07) is 6.14. The van der Waals surface area contributed by atoms with Crippen LogP contribution in [0.4, 0.5) is 11.4 Å². The number of carbonyl (C=O) groups excluding carboxylic acids is 1. The van der Waals surface area contributed by atoms with Crippen molar-refractivity contribution in [3.63, 3.8) is 0 Å². The maximum Gasteiger partial charge on any atom is 0.238 e. The number of likely N-dealkylation sites (tertiary alicyclic amines) is 1. The number of anilines is 2. The van der Waals surface area contributed by atoms with E-state index in [2.05, 4.69) is 24.1 Å². The Balaban J connectivity index is 1.96. The largest absolute Gasteiger partial charge is 0.397 e.